The Kier molecular flexibility index (Phi) is 5.22. The predicted molar refractivity (Wildman–Crippen MR) is 60.0 cm³/mol. The summed E-state index contributed by atoms with van der Waals surface area (Å²) in [6.07, 6.45) is 1.58. The van der Waals surface area contributed by atoms with E-state index >= 15 is 0 Å². The Morgan fingerprint density at radius 3 is 2.35 bits per heavy atom. The van der Waals surface area contributed by atoms with Gasteiger partial charge in [0.1, 0.15) is 4.90 Å². The van der Waals surface area contributed by atoms with Crippen LogP contribution in [-0.2, 0) is 19.5 Å². The van der Waals surface area contributed by atoms with Crippen LogP contribution < -0.4 is 4.72 Å². The van der Waals surface area contributed by atoms with E-state index in [2.05, 4.69) is 14.7 Å². The molecule has 0 bridgehead atoms. The van der Waals surface area contributed by atoms with Gasteiger partial charge in [-0.25, -0.2) is 23.1 Å². The summed E-state index contributed by atoms with van der Waals surface area (Å²) < 4.78 is 35.5. The number of nitrogens with one attached hydrogen (secondary N) is 1. The quantitative estimate of drug-likeness (QED) is 0.584. The smallest absolute Gasteiger partial charge is 0.243 e. The SMILES string of the molecule is COC(CNS(=O)(=O)c1cnc(Cl)nc1)OC. The van der Waals surface area contributed by atoms with Crippen LogP contribution in [-0.4, -0.2) is 45.4 Å². The Bertz CT molecular complexity index is 446. The number of hydrogen-bond donors (Lipinski definition) is 1. The van der Waals surface area contributed by atoms with Crippen LogP contribution in [0.15, 0.2) is 17.3 Å². The lowest BCUT2D eigenvalue weighted by molar-refractivity contribution is -0.0960. The van der Waals surface area contributed by atoms with Crippen molar-refractivity contribution in [1.29, 1.82) is 0 Å². The van der Waals surface area contributed by atoms with E-state index in [0.717, 1.165) is 12.4 Å². The van der Waals surface area contributed by atoms with Crippen molar-refractivity contribution in [2.75, 3.05) is 20.8 Å². The predicted octanol–water partition coefficient (Wildman–Crippen LogP) is 0.0272. The molecule has 0 atom stereocenters. The number of rotatable bonds is 6. The zero-order valence-corrected chi connectivity index (χ0v) is 10.8. The maximum Gasteiger partial charge on any atom is 0.243 e. The van der Waals surface area contributed by atoms with Crippen molar-refractivity contribution in [2.45, 2.75) is 11.2 Å². The van der Waals surface area contributed by atoms with Crippen LogP contribution in [0.25, 0.3) is 0 Å². The van der Waals surface area contributed by atoms with Gasteiger partial charge in [0, 0.05) is 14.2 Å². The fraction of sp³-hybridized carbons (Fsp3) is 0.500. The van der Waals surface area contributed by atoms with Gasteiger partial charge in [-0.2, -0.15) is 0 Å². The van der Waals surface area contributed by atoms with Crippen molar-refractivity contribution in [3.63, 3.8) is 0 Å². The molecule has 0 saturated heterocycles. The molecular weight excluding hydrogens is 270 g/mol. The van der Waals surface area contributed by atoms with E-state index < -0.39 is 16.3 Å². The monoisotopic (exact) mass is 281 g/mol. The molecule has 1 heterocycles. The number of sulfonamides is 1. The first kappa shape index (κ1) is 14.3. The van der Waals surface area contributed by atoms with Crippen LogP contribution in [0.3, 0.4) is 0 Å². The van der Waals surface area contributed by atoms with E-state index in [-0.39, 0.29) is 16.7 Å². The molecular formula is C8H12ClN3O4S. The number of nitrogens with zero attached hydrogens (tertiary/aromatic N) is 2. The van der Waals surface area contributed by atoms with Gasteiger partial charge in [0.2, 0.25) is 15.3 Å². The van der Waals surface area contributed by atoms with E-state index in [4.69, 9.17) is 21.1 Å². The van der Waals surface area contributed by atoms with Crippen LogP contribution in [0.1, 0.15) is 0 Å². The minimum atomic E-state index is -3.69. The molecule has 1 aromatic heterocycles. The number of aromatic nitrogens is 2. The van der Waals surface area contributed by atoms with E-state index in [0.29, 0.717) is 0 Å². The van der Waals surface area contributed by atoms with E-state index in [1.165, 1.54) is 14.2 Å². The maximum atomic E-state index is 11.7. The highest BCUT2D eigenvalue weighted by atomic mass is 35.5. The minimum Gasteiger partial charge on any atom is -0.355 e. The summed E-state index contributed by atoms with van der Waals surface area (Å²) in [5.41, 5.74) is 0. The fourth-order valence-corrected chi connectivity index (χ4v) is 1.97. The highest BCUT2D eigenvalue weighted by molar-refractivity contribution is 7.89. The molecule has 0 unspecified atom stereocenters. The molecule has 0 fully saturated rings. The van der Waals surface area contributed by atoms with Crippen LogP contribution in [0.2, 0.25) is 5.28 Å². The summed E-state index contributed by atoms with van der Waals surface area (Å²) in [4.78, 5) is 7.09. The Morgan fingerprint density at radius 2 is 1.88 bits per heavy atom. The first-order valence-electron chi connectivity index (χ1n) is 4.52. The molecule has 0 radical (unpaired) electrons. The lowest BCUT2D eigenvalue weighted by atomic mass is 10.6. The standard InChI is InChI=1S/C8H12ClN3O4S/c1-15-7(16-2)5-12-17(13,14)6-3-10-8(9)11-4-6/h3-4,7,12H,5H2,1-2H3. The van der Waals surface area contributed by atoms with Gasteiger partial charge in [-0.3, -0.25) is 0 Å². The molecule has 1 aromatic rings. The van der Waals surface area contributed by atoms with Gasteiger partial charge >= 0.3 is 0 Å². The number of methoxy groups -OCH3 is 2. The molecule has 0 aromatic carbocycles. The first-order chi connectivity index (χ1) is 7.99. The maximum absolute atomic E-state index is 11.7. The average molecular weight is 282 g/mol. The summed E-state index contributed by atoms with van der Waals surface area (Å²) in [6, 6.07) is 0. The Morgan fingerprint density at radius 1 is 1.35 bits per heavy atom. The molecule has 0 amide bonds. The fourth-order valence-electron chi connectivity index (χ4n) is 0.963. The molecule has 0 aliphatic heterocycles. The zero-order chi connectivity index (χ0) is 12.9. The Hall–Kier alpha value is -0.800. The van der Waals surface area contributed by atoms with Crippen molar-refractivity contribution in [3.8, 4) is 0 Å². The van der Waals surface area contributed by atoms with Crippen molar-refractivity contribution in [3.05, 3.63) is 17.7 Å². The van der Waals surface area contributed by atoms with Crippen LogP contribution in [0.4, 0.5) is 0 Å². The lowest BCUT2D eigenvalue weighted by Gasteiger charge is -2.13. The second-order valence-corrected chi connectivity index (χ2v) is 5.05. The highest BCUT2D eigenvalue weighted by Gasteiger charge is 2.17. The number of ether oxygens (including phenoxy) is 2. The van der Waals surface area contributed by atoms with Gasteiger partial charge < -0.3 is 9.47 Å². The second kappa shape index (κ2) is 6.22. The molecule has 9 heteroatoms. The summed E-state index contributed by atoms with van der Waals surface area (Å²) in [5.74, 6) is 0. The molecule has 0 saturated carbocycles. The van der Waals surface area contributed by atoms with Crippen LogP contribution in [0.5, 0.6) is 0 Å². The van der Waals surface area contributed by atoms with Crippen molar-refractivity contribution < 1.29 is 17.9 Å². The third-order valence-corrected chi connectivity index (χ3v) is 3.45. The van der Waals surface area contributed by atoms with E-state index in [9.17, 15) is 8.42 Å². The Labute approximate surface area is 104 Å². The van der Waals surface area contributed by atoms with Crippen molar-refractivity contribution in [2.24, 2.45) is 0 Å². The average Bonchev–Trinajstić information content (AvgIpc) is 2.31. The van der Waals surface area contributed by atoms with Crippen LogP contribution >= 0.6 is 11.6 Å². The minimum absolute atomic E-state index is 0.0159. The highest BCUT2D eigenvalue weighted by Crippen LogP contribution is 2.07. The van der Waals surface area contributed by atoms with Gasteiger partial charge in [0.05, 0.1) is 18.9 Å². The number of halogens is 1. The third-order valence-electron chi connectivity index (χ3n) is 1.87. The molecule has 0 spiro atoms. The van der Waals surface area contributed by atoms with Gasteiger partial charge in [0.15, 0.2) is 6.29 Å². The van der Waals surface area contributed by atoms with Crippen molar-refractivity contribution >= 4 is 21.6 Å². The van der Waals surface area contributed by atoms with Gasteiger partial charge in [-0.15, -0.1) is 0 Å². The molecule has 1 rings (SSSR count). The summed E-state index contributed by atoms with van der Waals surface area (Å²) in [7, 11) is -0.865. The largest absolute Gasteiger partial charge is 0.355 e. The summed E-state index contributed by atoms with van der Waals surface area (Å²) in [6.45, 7) is -0.0159. The normalized spacial score (nSPS) is 12.0. The molecule has 0 aliphatic carbocycles. The second-order valence-electron chi connectivity index (χ2n) is 2.94. The van der Waals surface area contributed by atoms with Gasteiger partial charge in [-0.1, -0.05) is 0 Å². The molecule has 7 nitrogen and oxygen atoms in total. The molecule has 17 heavy (non-hydrogen) atoms. The van der Waals surface area contributed by atoms with Crippen molar-refractivity contribution in [1.82, 2.24) is 14.7 Å². The third kappa shape index (κ3) is 4.17. The first-order valence-corrected chi connectivity index (χ1v) is 6.38. The van der Waals surface area contributed by atoms with E-state index in [1.54, 1.807) is 0 Å². The lowest BCUT2D eigenvalue weighted by Crippen LogP contribution is -2.34. The number of hydrogen-bond acceptors (Lipinski definition) is 6. The summed E-state index contributed by atoms with van der Waals surface area (Å²) >= 11 is 5.46. The van der Waals surface area contributed by atoms with Gasteiger partial charge in [0.25, 0.3) is 0 Å². The molecule has 96 valence electrons. The molecule has 1 N–H and O–H groups in total. The van der Waals surface area contributed by atoms with E-state index in [1.807, 2.05) is 0 Å². The topological polar surface area (TPSA) is 90.4 Å². The van der Waals surface area contributed by atoms with Gasteiger partial charge in [-0.05, 0) is 11.6 Å². The Balaban J connectivity index is 2.72. The van der Waals surface area contributed by atoms with Crippen LogP contribution in [0, 0.1) is 0 Å². The molecule has 0 aliphatic rings. The zero-order valence-electron chi connectivity index (χ0n) is 9.25. The summed E-state index contributed by atoms with van der Waals surface area (Å²) in [5, 5.41) is -0.0180.